The number of rotatable bonds is 1. The van der Waals surface area contributed by atoms with Gasteiger partial charge in [0.15, 0.2) is 6.29 Å². The first-order valence-corrected chi connectivity index (χ1v) is 3.32. The van der Waals surface area contributed by atoms with E-state index in [0.717, 1.165) is 0 Å². The Kier molecular flexibility index (Phi) is 2.30. The number of carbonyl (C=O) groups is 1. The van der Waals surface area contributed by atoms with Crippen LogP contribution in [0.4, 0.5) is 0 Å². The molecule has 0 saturated heterocycles. The summed E-state index contributed by atoms with van der Waals surface area (Å²) in [7, 11) is 0. The Morgan fingerprint density at radius 2 is 2.10 bits per heavy atom. The average Bonchev–Trinajstić information content (AvgIpc) is 1.95. The van der Waals surface area contributed by atoms with Gasteiger partial charge in [-0.2, -0.15) is 0 Å². The Labute approximate surface area is 68.6 Å². The molecule has 0 aromatic heterocycles. The largest absolute Gasteiger partial charge is 0.298 e. The second-order valence-corrected chi connectivity index (χ2v) is 2.48. The van der Waals surface area contributed by atoms with Crippen molar-refractivity contribution in [2.75, 3.05) is 0 Å². The van der Waals surface area contributed by atoms with Gasteiger partial charge in [-0.15, -0.1) is 0 Å². The Hall–Kier alpha value is -0.530. The molecule has 0 unspecified atom stereocenters. The predicted octanol–water partition coefficient (Wildman–Crippen LogP) is 2.61. The summed E-state index contributed by atoms with van der Waals surface area (Å²) >= 11 is 11.1. The maximum atomic E-state index is 10.1. The lowest BCUT2D eigenvalue weighted by Crippen LogP contribution is -1.78. The van der Waals surface area contributed by atoms with Gasteiger partial charge in [-0.05, 0) is 12.1 Å². The summed E-state index contributed by atoms with van der Waals surface area (Å²) < 4.78 is 0. The minimum Gasteiger partial charge on any atom is -0.298 e. The van der Waals surface area contributed by atoms with Crippen molar-refractivity contribution in [2.45, 2.75) is 0 Å². The molecule has 0 aliphatic heterocycles. The monoisotopic (exact) mass is 173 g/mol. The summed E-state index contributed by atoms with van der Waals surface area (Å²) in [4.78, 5) is 10.1. The molecular weight excluding hydrogens is 171 g/mol. The van der Waals surface area contributed by atoms with Crippen molar-refractivity contribution in [2.24, 2.45) is 0 Å². The quantitative estimate of drug-likeness (QED) is 0.598. The molecule has 0 N–H and O–H groups in total. The highest BCUT2D eigenvalue weighted by Gasteiger charge is 1.97. The van der Waals surface area contributed by atoms with Gasteiger partial charge in [0.1, 0.15) is 0 Å². The van der Waals surface area contributed by atoms with E-state index in [0.29, 0.717) is 16.9 Å². The molecule has 1 aromatic carbocycles. The van der Waals surface area contributed by atoms with Gasteiger partial charge in [0.2, 0.25) is 0 Å². The van der Waals surface area contributed by atoms with E-state index in [1.807, 2.05) is 0 Å². The van der Waals surface area contributed by atoms with E-state index < -0.39 is 0 Å². The molecule has 0 fully saturated rings. The highest BCUT2D eigenvalue weighted by molar-refractivity contribution is 6.42. The number of benzene rings is 1. The molecule has 0 bridgehead atoms. The van der Waals surface area contributed by atoms with Gasteiger partial charge < -0.3 is 0 Å². The molecule has 1 nitrogen and oxygen atoms in total. The Morgan fingerprint density at radius 1 is 1.40 bits per heavy atom. The van der Waals surface area contributed by atoms with Crippen molar-refractivity contribution in [3.8, 4) is 0 Å². The number of carbonyl (C=O) groups excluding carboxylic acids is 1. The van der Waals surface area contributed by atoms with Crippen LogP contribution in [0, 0.1) is 6.07 Å². The zero-order valence-corrected chi connectivity index (χ0v) is 6.41. The lowest BCUT2D eigenvalue weighted by atomic mass is 10.2. The van der Waals surface area contributed by atoms with Gasteiger partial charge in [0.05, 0.1) is 10.0 Å². The van der Waals surface area contributed by atoms with Crippen molar-refractivity contribution in [3.63, 3.8) is 0 Å². The van der Waals surface area contributed by atoms with Crippen LogP contribution in [0.5, 0.6) is 0 Å². The SMILES string of the molecule is O=Cc1[c]c(Cl)c(Cl)cc1. The lowest BCUT2D eigenvalue weighted by Gasteiger charge is -1.92. The molecule has 1 radical (unpaired) electrons. The molecule has 3 heteroatoms. The van der Waals surface area contributed by atoms with Crippen LogP contribution in [0.15, 0.2) is 12.1 Å². The van der Waals surface area contributed by atoms with Crippen LogP contribution in [0.25, 0.3) is 0 Å². The third kappa shape index (κ3) is 1.49. The lowest BCUT2D eigenvalue weighted by molar-refractivity contribution is 0.112. The molecule has 0 aliphatic rings. The normalized spacial score (nSPS) is 9.40. The predicted molar refractivity (Wildman–Crippen MR) is 40.7 cm³/mol. The van der Waals surface area contributed by atoms with E-state index in [9.17, 15) is 4.79 Å². The smallest absolute Gasteiger partial charge is 0.150 e. The molecule has 0 heterocycles. The van der Waals surface area contributed by atoms with Crippen LogP contribution in [0.3, 0.4) is 0 Å². The number of hydrogen-bond acceptors (Lipinski definition) is 1. The third-order valence-corrected chi connectivity index (χ3v) is 1.71. The van der Waals surface area contributed by atoms with Crippen molar-refractivity contribution in [1.82, 2.24) is 0 Å². The van der Waals surface area contributed by atoms with Crippen LogP contribution >= 0.6 is 23.2 Å². The second-order valence-electron chi connectivity index (χ2n) is 1.69. The maximum absolute atomic E-state index is 10.1. The minimum absolute atomic E-state index is 0.284. The fraction of sp³-hybridized carbons (Fsp3) is 0. The first-order valence-electron chi connectivity index (χ1n) is 2.56. The molecule has 0 amide bonds. The van der Waals surface area contributed by atoms with Crippen molar-refractivity contribution < 1.29 is 4.79 Å². The summed E-state index contributed by atoms with van der Waals surface area (Å²) in [6.07, 6.45) is 0.669. The first kappa shape index (κ1) is 7.58. The van der Waals surface area contributed by atoms with Crippen LogP contribution < -0.4 is 0 Å². The molecule has 0 aliphatic carbocycles. The highest BCUT2D eigenvalue weighted by atomic mass is 35.5. The second kappa shape index (κ2) is 3.04. The van der Waals surface area contributed by atoms with Crippen molar-refractivity contribution in [3.05, 3.63) is 33.8 Å². The van der Waals surface area contributed by atoms with Gasteiger partial charge >= 0.3 is 0 Å². The zero-order chi connectivity index (χ0) is 7.56. The van der Waals surface area contributed by atoms with Crippen molar-refractivity contribution >= 4 is 29.5 Å². The summed E-state index contributed by atoms with van der Waals surface area (Å²) in [5, 5.41) is 0.693. The first-order chi connectivity index (χ1) is 4.74. The Balaban J connectivity index is 3.16. The topological polar surface area (TPSA) is 17.1 Å². The highest BCUT2D eigenvalue weighted by Crippen LogP contribution is 2.20. The van der Waals surface area contributed by atoms with E-state index in [1.54, 1.807) is 12.1 Å². The number of aldehydes is 1. The molecule has 51 valence electrons. The zero-order valence-electron chi connectivity index (χ0n) is 4.90. The van der Waals surface area contributed by atoms with E-state index >= 15 is 0 Å². The van der Waals surface area contributed by atoms with Gasteiger partial charge in [0.25, 0.3) is 0 Å². The molecule has 1 rings (SSSR count). The van der Waals surface area contributed by atoms with Crippen molar-refractivity contribution in [1.29, 1.82) is 0 Å². The van der Waals surface area contributed by atoms with Gasteiger partial charge in [-0.3, -0.25) is 4.79 Å². The Bertz CT molecular complexity index is 258. The molecular formula is C7H3Cl2O. The minimum atomic E-state index is 0.284. The average molecular weight is 174 g/mol. The Morgan fingerprint density at radius 3 is 2.60 bits per heavy atom. The van der Waals surface area contributed by atoms with Crippen LogP contribution in [-0.2, 0) is 0 Å². The molecule has 0 atom stereocenters. The van der Waals surface area contributed by atoms with E-state index in [-0.39, 0.29) is 5.02 Å². The number of halogens is 2. The van der Waals surface area contributed by atoms with E-state index in [4.69, 9.17) is 23.2 Å². The van der Waals surface area contributed by atoms with E-state index in [2.05, 4.69) is 6.07 Å². The molecule has 0 spiro atoms. The van der Waals surface area contributed by atoms with Crippen LogP contribution in [-0.4, -0.2) is 6.29 Å². The summed E-state index contributed by atoms with van der Waals surface area (Å²) in [6.45, 7) is 0. The fourth-order valence-corrected chi connectivity index (χ4v) is 0.815. The molecule has 10 heavy (non-hydrogen) atoms. The van der Waals surface area contributed by atoms with Gasteiger partial charge in [0, 0.05) is 11.6 Å². The van der Waals surface area contributed by atoms with E-state index in [1.165, 1.54) is 0 Å². The standard InChI is InChI=1S/C7H3Cl2O/c8-6-2-1-5(4-10)3-7(6)9/h1-2,4H. The summed E-state index contributed by atoms with van der Waals surface area (Å²) in [5.74, 6) is 0. The molecule has 1 aromatic rings. The fourth-order valence-electron chi connectivity index (χ4n) is 0.533. The summed E-state index contributed by atoms with van der Waals surface area (Å²) in [6, 6.07) is 5.71. The van der Waals surface area contributed by atoms with Crippen LogP contribution in [0.1, 0.15) is 10.4 Å². The maximum Gasteiger partial charge on any atom is 0.150 e. The summed E-state index contributed by atoms with van der Waals surface area (Å²) in [5.41, 5.74) is 0.411. The van der Waals surface area contributed by atoms with Gasteiger partial charge in [-0.1, -0.05) is 23.2 Å². The molecule has 0 saturated carbocycles. The number of hydrogen-bond donors (Lipinski definition) is 0. The van der Waals surface area contributed by atoms with Gasteiger partial charge in [-0.25, -0.2) is 0 Å². The van der Waals surface area contributed by atoms with Crippen LogP contribution in [0.2, 0.25) is 10.0 Å². The third-order valence-electron chi connectivity index (χ3n) is 1.000.